The average molecular weight is 302 g/mol. The number of nitro groups is 1. The summed E-state index contributed by atoms with van der Waals surface area (Å²) in [6.45, 7) is 1.45. The monoisotopic (exact) mass is 302 g/mol. The standard InChI is InChI=1S/C10H14N4O5S/c1-7(15)12-4-5-13-20(18,19)8-2-3-10(14(16)17)9(11)6-8/h2-3,6,13H,4-5,11H2,1H3,(H,12,15). The van der Waals surface area contributed by atoms with Crippen molar-refractivity contribution in [2.75, 3.05) is 18.8 Å². The minimum atomic E-state index is -3.83. The lowest BCUT2D eigenvalue weighted by atomic mass is 10.3. The number of amides is 1. The van der Waals surface area contributed by atoms with E-state index in [1.54, 1.807) is 0 Å². The van der Waals surface area contributed by atoms with Crippen LogP contribution >= 0.6 is 0 Å². The van der Waals surface area contributed by atoms with Gasteiger partial charge in [0.05, 0.1) is 9.82 Å². The molecule has 20 heavy (non-hydrogen) atoms. The molecule has 110 valence electrons. The van der Waals surface area contributed by atoms with Gasteiger partial charge in [-0.2, -0.15) is 0 Å². The van der Waals surface area contributed by atoms with Crippen LogP contribution in [0.4, 0.5) is 11.4 Å². The highest BCUT2D eigenvalue weighted by molar-refractivity contribution is 7.89. The summed E-state index contributed by atoms with van der Waals surface area (Å²) >= 11 is 0. The molecule has 0 unspecified atom stereocenters. The summed E-state index contributed by atoms with van der Waals surface area (Å²) in [5.41, 5.74) is 4.83. The van der Waals surface area contributed by atoms with Gasteiger partial charge in [-0.05, 0) is 12.1 Å². The van der Waals surface area contributed by atoms with Gasteiger partial charge in [0.2, 0.25) is 15.9 Å². The number of sulfonamides is 1. The Kier molecular flexibility index (Phi) is 5.00. The summed E-state index contributed by atoms with van der Waals surface area (Å²) in [5, 5.41) is 13.0. The Hall–Kier alpha value is -2.20. The van der Waals surface area contributed by atoms with Crippen LogP contribution in [0.5, 0.6) is 0 Å². The van der Waals surface area contributed by atoms with Crippen LogP contribution in [0.2, 0.25) is 0 Å². The molecule has 0 atom stereocenters. The van der Waals surface area contributed by atoms with E-state index >= 15 is 0 Å². The average Bonchev–Trinajstić information content (AvgIpc) is 2.34. The molecule has 0 aromatic heterocycles. The molecule has 0 aliphatic rings. The quantitative estimate of drug-likeness (QED) is 0.282. The molecule has 0 aliphatic heterocycles. The normalized spacial score (nSPS) is 11.1. The molecule has 1 rings (SSSR count). The zero-order valence-electron chi connectivity index (χ0n) is 10.6. The molecule has 0 saturated heterocycles. The van der Waals surface area contributed by atoms with E-state index in [1.165, 1.54) is 6.92 Å². The Labute approximate surface area is 115 Å². The fourth-order valence-corrected chi connectivity index (χ4v) is 2.44. The molecular formula is C10H14N4O5S. The Morgan fingerprint density at radius 3 is 2.55 bits per heavy atom. The number of hydrogen-bond donors (Lipinski definition) is 3. The van der Waals surface area contributed by atoms with Gasteiger partial charge in [-0.3, -0.25) is 14.9 Å². The number of hydrogen-bond acceptors (Lipinski definition) is 6. The van der Waals surface area contributed by atoms with Gasteiger partial charge in [-0.25, -0.2) is 13.1 Å². The number of carbonyl (C=O) groups excluding carboxylic acids is 1. The second-order valence-electron chi connectivity index (χ2n) is 3.86. The summed E-state index contributed by atoms with van der Waals surface area (Å²) in [4.78, 5) is 20.3. The van der Waals surface area contributed by atoms with E-state index in [0.717, 1.165) is 18.2 Å². The second-order valence-corrected chi connectivity index (χ2v) is 5.63. The van der Waals surface area contributed by atoms with Crippen molar-refractivity contribution in [2.45, 2.75) is 11.8 Å². The molecule has 0 saturated carbocycles. The third-order valence-corrected chi connectivity index (χ3v) is 3.76. The lowest BCUT2D eigenvalue weighted by Crippen LogP contribution is -2.33. The third kappa shape index (κ3) is 4.17. The van der Waals surface area contributed by atoms with Crippen LogP contribution < -0.4 is 15.8 Å². The molecule has 0 aliphatic carbocycles. The van der Waals surface area contributed by atoms with Crippen molar-refractivity contribution < 1.29 is 18.1 Å². The molecule has 10 heteroatoms. The van der Waals surface area contributed by atoms with Crippen molar-refractivity contribution in [3.05, 3.63) is 28.3 Å². The molecule has 9 nitrogen and oxygen atoms in total. The Bertz CT molecular complexity index is 629. The van der Waals surface area contributed by atoms with Crippen molar-refractivity contribution >= 4 is 27.3 Å². The molecule has 0 spiro atoms. The highest BCUT2D eigenvalue weighted by atomic mass is 32.2. The Morgan fingerprint density at radius 2 is 2.05 bits per heavy atom. The molecule has 0 radical (unpaired) electrons. The van der Waals surface area contributed by atoms with Gasteiger partial charge >= 0.3 is 0 Å². The van der Waals surface area contributed by atoms with Gasteiger partial charge < -0.3 is 11.1 Å². The number of nitrogen functional groups attached to an aromatic ring is 1. The fraction of sp³-hybridized carbons (Fsp3) is 0.300. The number of carbonyl (C=O) groups is 1. The number of nitro benzene ring substituents is 1. The molecule has 0 heterocycles. The number of nitrogens with two attached hydrogens (primary N) is 1. The Morgan fingerprint density at radius 1 is 1.40 bits per heavy atom. The van der Waals surface area contributed by atoms with E-state index in [-0.39, 0.29) is 35.3 Å². The van der Waals surface area contributed by atoms with Crippen molar-refractivity contribution in [1.29, 1.82) is 0 Å². The maximum absolute atomic E-state index is 11.9. The summed E-state index contributed by atoms with van der Waals surface area (Å²) in [5.74, 6) is -0.274. The van der Waals surface area contributed by atoms with Gasteiger partial charge in [0.15, 0.2) is 0 Å². The number of nitrogens with zero attached hydrogens (tertiary/aromatic N) is 1. The smallest absolute Gasteiger partial charge is 0.292 e. The zero-order chi connectivity index (χ0) is 15.3. The summed E-state index contributed by atoms with van der Waals surface area (Å²) in [6.07, 6.45) is 0. The molecule has 1 amide bonds. The van der Waals surface area contributed by atoms with Crippen LogP contribution in [-0.4, -0.2) is 32.3 Å². The Balaban J connectivity index is 2.80. The summed E-state index contributed by atoms with van der Waals surface area (Å²) in [7, 11) is -3.83. The maximum Gasteiger partial charge on any atom is 0.292 e. The van der Waals surface area contributed by atoms with Crippen molar-refractivity contribution in [1.82, 2.24) is 10.0 Å². The number of anilines is 1. The molecule has 1 aromatic carbocycles. The zero-order valence-corrected chi connectivity index (χ0v) is 11.4. The predicted molar refractivity (Wildman–Crippen MR) is 71.4 cm³/mol. The van der Waals surface area contributed by atoms with Crippen LogP contribution in [0.1, 0.15) is 6.92 Å². The topological polar surface area (TPSA) is 144 Å². The van der Waals surface area contributed by atoms with Gasteiger partial charge in [-0.15, -0.1) is 0 Å². The lowest BCUT2D eigenvalue weighted by Gasteiger charge is -2.07. The second kappa shape index (κ2) is 6.30. The number of rotatable bonds is 6. The first-order chi connectivity index (χ1) is 9.24. The first kappa shape index (κ1) is 15.9. The van der Waals surface area contributed by atoms with Crippen LogP contribution in [0.15, 0.2) is 23.1 Å². The summed E-state index contributed by atoms with van der Waals surface area (Å²) < 4.78 is 26.0. The van der Waals surface area contributed by atoms with E-state index in [1.807, 2.05) is 0 Å². The highest BCUT2D eigenvalue weighted by Crippen LogP contribution is 2.24. The van der Waals surface area contributed by atoms with Crippen LogP contribution in [-0.2, 0) is 14.8 Å². The van der Waals surface area contributed by atoms with E-state index < -0.39 is 14.9 Å². The SMILES string of the molecule is CC(=O)NCCNS(=O)(=O)c1ccc([N+](=O)[O-])c(N)c1. The molecule has 1 aromatic rings. The van der Waals surface area contributed by atoms with Gasteiger partial charge in [-0.1, -0.05) is 0 Å². The number of benzene rings is 1. The van der Waals surface area contributed by atoms with Crippen molar-refractivity contribution in [3.8, 4) is 0 Å². The third-order valence-electron chi connectivity index (χ3n) is 2.30. The lowest BCUT2D eigenvalue weighted by molar-refractivity contribution is -0.383. The molecule has 0 fully saturated rings. The minimum Gasteiger partial charge on any atom is -0.393 e. The van der Waals surface area contributed by atoms with Gasteiger partial charge in [0, 0.05) is 26.1 Å². The van der Waals surface area contributed by atoms with Crippen LogP contribution in [0, 0.1) is 10.1 Å². The first-order valence-electron chi connectivity index (χ1n) is 5.52. The summed E-state index contributed by atoms with van der Waals surface area (Å²) in [6, 6.07) is 3.13. The predicted octanol–water partition coefficient (Wildman–Crippen LogP) is -0.409. The number of nitrogens with one attached hydrogen (secondary N) is 2. The van der Waals surface area contributed by atoms with Crippen LogP contribution in [0.3, 0.4) is 0 Å². The van der Waals surface area contributed by atoms with Crippen molar-refractivity contribution in [3.63, 3.8) is 0 Å². The van der Waals surface area contributed by atoms with Gasteiger partial charge in [0.1, 0.15) is 5.69 Å². The molecule has 0 bridgehead atoms. The maximum atomic E-state index is 11.9. The molecular weight excluding hydrogens is 288 g/mol. The van der Waals surface area contributed by atoms with Crippen molar-refractivity contribution in [2.24, 2.45) is 0 Å². The minimum absolute atomic E-state index is 0.00118. The first-order valence-corrected chi connectivity index (χ1v) is 7.00. The molecule has 4 N–H and O–H groups in total. The van der Waals surface area contributed by atoms with Gasteiger partial charge in [0.25, 0.3) is 5.69 Å². The largest absolute Gasteiger partial charge is 0.393 e. The van der Waals surface area contributed by atoms with E-state index in [0.29, 0.717) is 0 Å². The fourth-order valence-electron chi connectivity index (χ4n) is 1.37. The highest BCUT2D eigenvalue weighted by Gasteiger charge is 2.18. The van der Waals surface area contributed by atoms with E-state index in [2.05, 4.69) is 10.0 Å². The van der Waals surface area contributed by atoms with Crippen LogP contribution in [0.25, 0.3) is 0 Å². The van der Waals surface area contributed by atoms with E-state index in [4.69, 9.17) is 5.73 Å². The van der Waals surface area contributed by atoms with E-state index in [9.17, 15) is 23.3 Å².